The maximum absolute atomic E-state index is 12.9. The van der Waals surface area contributed by atoms with Gasteiger partial charge in [-0.05, 0) is 39.0 Å². The van der Waals surface area contributed by atoms with Crippen LogP contribution in [0.3, 0.4) is 0 Å². The van der Waals surface area contributed by atoms with E-state index >= 15 is 0 Å². The Morgan fingerprint density at radius 1 is 1.33 bits per heavy atom. The van der Waals surface area contributed by atoms with E-state index in [-0.39, 0.29) is 11.9 Å². The van der Waals surface area contributed by atoms with Crippen molar-refractivity contribution in [1.29, 1.82) is 0 Å². The van der Waals surface area contributed by atoms with Crippen LogP contribution >= 0.6 is 11.8 Å². The Balaban J connectivity index is 2.09. The topological polar surface area (TPSA) is 128 Å². The molecule has 0 spiro atoms. The molecule has 9 atom stereocenters. The molecular weight excluding hydrogens is 370 g/mol. The maximum atomic E-state index is 12.9. The molecule has 0 aromatic heterocycles. The van der Waals surface area contributed by atoms with Crippen molar-refractivity contribution in [2.75, 3.05) is 19.8 Å². The Morgan fingerprint density at radius 3 is 2.56 bits per heavy atom. The molecule has 6 N–H and O–H groups in total. The largest absolute Gasteiger partial charge is 0.388 e. The van der Waals surface area contributed by atoms with E-state index in [1.54, 1.807) is 13.2 Å². The van der Waals surface area contributed by atoms with Crippen LogP contribution < -0.4 is 11.1 Å². The van der Waals surface area contributed by atoms with Crippen LogP contribution in [-0.4, -0.2) is 94.0 Å². The molecule has 8 nitrogen and oxygen atoms in total. The van der Waals surface area contributed by atoms with E-state index in [9.17, 15) is 20.1 Å². The number of likely N-dealkylation sites (tertiary alicyclic amines) is 1. The maximum Gasteiger partial charge on any atom is 0.237 e. The van der Waals surface area contributed by atoms with Gasteiger partial charge in [0.1, 0.15) is 29.9 Å². The molecule has 2 heterocycles. The minimum absolute atomic E-state index is 0.143. The van der Waals surface area contributed by atoms with Crippen LogP contribution in [0, 0.1) is 5.92 Å². The molecule has 2 saturated heterocycles. The van der Waals surface area contributed by atoms with Crippen molar-refractivity contribution >= 4 is 17.7 Å². The highest BCUT2D eigenvalue weighted by atomic mass is 32.2. The molecule has 2 unspecified atom stereocenters. The number of carbonyl (C=O) groups excluding carboxylic acids is 1. The molecule has 0 aliphatic carbocycles. The van der Waals surface area contributed by atoms with Gasteiger partial charge in [-0.25, -0.2) is 0 Å². The van der Waals surface area contributed by atoms with E-state index in [4.69, 9.17) is 10.5 Å². The first-order valence-electron chi connectivity index (χ1n) is 9.69. The number of carbonyl (C=O) groups is 1. The minimum atomic E-state index is -1.36. The number of ether oxygens (including phenoxy) is 1. The van der Waals surface area contributed by atoms with Crippen molar-refractivity contribution in [1.82, 2.24) is 10.2 Å². The number of nitrogens with two attached hydrogens (primary N) is 1. The number of hydrogen-bond acceptors (Lipinski definition) is 8. The van der Waals surface area contributed by atoms with Gasteiger partial charge in [-0.1, -0.05) is 13.3 Å². The number of amides is 1. The molecule has 27 heavy (non-hydrogen) atoms. The summed E-state index contributed by atoms with van der Waals surface area (Å²) in [7, 11) is 1.94. The van der Waals surface area contributed by atoms with Crippen molar-refractivity contribution in [3.05, 3.63) is 0 Å². The zero-order valence-corrected chi connectivity index (χ0v) is 17.4. The monoisotopic (exact) mass is 405 g/mol. The average Bonchev–Trinajstić information content (AvgIpc) is 2.99. The third kappa shape index (κ3) is 5.14. The lowest BCUT2D eigenvalue weighted by molar-refractivity contribution is -0.206. The molecule has 2 rings (SSSR count). The standard InChI is InChI=1S/C18H35N3O5S/c1-5-6-10-7-11(21(3)8-10)17(25)20-12(9(2)19)16-14(23)13(22)15(24)18(26-16)27-4/h9-16,18,22-24H,5-8,19H2,1-4H3,(H,20,25)/t9-,10-,11?,12?,13+,14-,15-,16-,18-/m1/s1. The SMILES string of the molecule is CCC[C@@H]1CC(C(=O)NC([C@H]2O[C@H](SC)[C@H](O)[C@@H](O)[C@H]2O)[C@@H](C)N)N(C)C1. The molecule has 0 aromatic carbocycles. The molecular formula is C18H35N3O5S. The van der Waals surface area contributed by atoms with Crippen LogP contribution in [0.15, 0.2) is 0 Å². The first-order valence-corrected chi connectivity index (χ1v) is 11.0. The first kappa shape index (κ1) is 22.9. The van der Waals surface area contributed by atoms with Crippen molar-refractivity contribution in [3.63, 3.8) is 0 Å². The van der Waals surface area contributed by atoms with Crippen molar-refractivity contribution in [3.8, 4) is 0 Å². The second kappa shape index (κ2) is 9.87. The van der Waals surface area contributed by atoms with Crippen LogP contribution in [-0.2, 0) is 9.53 Å². The Hall–Kier alpha value is -0.420. The molecule has 2 fully saturated rings. The number of rotatable bonds is 7. The van der Waals surface area contributed by atoms with Gasteiger partial charge in [0, 0.05) is 12.6 Å². The van der Waals surface area contributed by atoms with Gasteiger partial charge in [-0.15, -0.1) is 11.8 Å². The number of nitrogens with one attached hydrogen (secondary N) is 1. The molecule has 2 aliphatic rings. The summed E-state index contributed by atoms with van der Waals surface area (Å²) in [5.74, 6) is 0.356. The fraction of sp³-hybridized carbons (Fsp3) is 0.944. The van der Waals surface area contributed by atoms with E-state index in [2.05, 4.69) is 17.1 Å². The smallest absolute Gasteiger partial charge is 0.237 e. The van der Waals surface area contributed by atoms with Crippen molar-refractivity contribution in [2.24, 2.45) is 11.7 Å². The highest BCUT2D eigenvalue weighted by Gasteiger charge is 2.48. The predicted molar refractivity (Wildman–Crippen MR) is 105 cm³/mol. The summed E-state index contributed by atoms with van der Waals surface area (Å²) in [6, 6.07) is -1.42. The molecule has 0 saturated carbocycles. The van der Waals surface area contributed by atoms with Crippen LogP contribution in [0.4, 0.5) is 0 Å². The van der Waals surface area contributed by atoms with Gasteiger partial charge in [-0.2, -0.15) is 0 Å². The van der Waals surface area contributed by atoms with Gasteiger partial charge in [0.15, 0.2) is 0 Å². The third-order valence-electron chi connectivity index (χ3n) is 5.70. The molecule has 0 bridgehead atoms. The Bertz CT molecular complexity index is 496. The van der Waals surface area contributed by atoms with Gasteiger partial charge in [0.2, 0.25) is 5.91 Å². The number of nitrogens with zero attached hydrogens (tertiary/aromatic N) is 1. The summed E-state index contributed by atoms with van der Waals surface area (Å²) in [4.78, 5) is 15.0. The number of aliphatic hydroxyl groups excluding tert-OH is 3. The summed E-state index contributed by atoms with van der Waals surface area (Å²) in [6.45, 7) is 4.75. The lowest BCUT2D eigenvalue weighted by Crippen LogP contribution is -2.66. The first-order chi connectivity index (χ1) is 12.7. The van der Waals surface area contributed by atoms with E-state index in [0.29, 0.717) is 5.92 Å². The fourth-order valence-electron chi connectivity index (χ4n) is 4.17. The fourth-order valence-corrected chi connectivity index (χ4v) is 4.85. The number of aliphatic hydroxyl groups is 3. The summed E-state index contributed by atoms with van der Waals surface area (Å²) in [5.41, 5.74) is 5.38. The van der Waals surface area contributed by atoms with E-state index in [1.165, 1.54) is 11.8 Å². The number of thioether (sulfide) groups is 1. The van der Waals surface area contributed by atoms with Gasteiger partial charge in [0.05, 0.1) is 12.1 Å². The molecule has 158 valence electrons. The highest BCUT2D eigenvalue weighted by molar-refractivity contribution is 7.99. The molecule has 2 aliphatic heterocycles. The molecule has 1 amide bonds. The van der Waals surface area contributed by atoms with Crippen LogP contribution in [0.1, 0.15) is 33.1 Å². The summed E-state index contributed by atoms with van der Waals surface area (Å²) < 4.78 is 5.80. The van der Waals surface area contributed by atoms with Crippen LogP contribution in [0.2, 0.25) is 0 Å². The van der Waals surface area contributed by atoms with E-state index in [1.807, 2.05) is 7.05 Å². The Kier molecular flexibility index (Phi) is 8.35. The average molecular weight is 406 g/mol. The summed E-state index contributed by atoms with van der Waals surface area (Å²) in [5, 5.41) is 33.6. The predicted octanol–water partition coefficient (Wildman–Crippen LogP) is -0.891. The molecule has 0 radical (unpaired) electrons. The lowest BCUT2D eigenvalue weighted by Gasteiger charge is -2.44. The summed E-state index contributed by atoms with van der Waals surface area (Å²) >= 11 is 1.24. The molecule has 9 heteroatoms. The highest BCUT2D eigenvalue weighted by Crippen LogP contribution is 2.30. The number of likely N-dealkylation sites (N-methyl/N-ethyl adjacent to an activating group) is 1. The Labute approximate surface area is 165 Å². The third-order valence-corrected chi connectivity index (χ3v) is 6.56. The van der Waals surface area contributed by atoms with Gasteiger partial charge in [-0.3, -0.25) is 9.69 Å². The quantitative estimate of drug-likeness (QED) is 0.369. The van der Waals surface area contributed by atoms with Crippen molar-refractivity contribution in [2.45, 2.75) is 81.1 Å². The van der Waals surface area contributed by atoms with Gasteiger partial charge in [0.25, 0.3) is 0 Å². The lowest BCUT2D eigenvalue weighted by atomic mass is 9.91. The van der Waals surface area contributed by atoms with Crippen molar-refractivity contribution < 1.29 is 24.9 Å². The minimum Gasteiger partial charge on any atom is -0.388 e. The zero-order chi connectivity index (χ0) is 20.3. The zero-order valence-electron chi connectivity index (χ0n) is 16.6. The normalized spacial score (nSPS) is 39.9. The van der Waals surface area contributed by atoms with E-state index in [0.717, 1.165) is 25.8 Å². The number of hydrogen-bond donors (Lipinski definition) is 5. The summed E-state index contributed by atoms with van der Waals surface area (Å²) in [6.07, 6.45) is -0.0747. The van der Waals surface area contributed by atoms with Crippen LogP contribution in [0.5, 0.6) is 0 Å². The second-order valence-corrected chi connectivity index (χ2v) is 8.85. The van der Waals surface area contributed by atoms with Gasteiger partial charge < -0.3 is 31.1 Å². The second-order valence-electron chi connectivity index (χ2n) is 7.92. The Morgan fingerprint density at radius 2 is 2.00 bits per heavy atom. The molecule has 0 aromatic rings. The van der Waals surface area contributed by atoms with Gasteiger partial charge >= 0.3 is 0 Å². The van der Waals surface area contributed by atoms with E-state index < -0.39 is 41.9 Å². The van der Waals surface area contributed by atoms with Crippen LogP contribution in [0.25, 0.3) is 0 Å².